The highest BCUT2D eigenvalue weighted by Crippen LogP contribution is 2.19. The molecule has 0 spiro atoms. The van der Waals surface area contributed by atoms with Crippen LogP contribution in [0.25, 0.3) is 0 Å². The summed E-state index contributed by atoms with van der Waals surface area (Å²) >= 11 is 0. The van der Waals surface area contributed by atoms with E-state index >= 15 is 0 Å². The number of carbonyl (C=O) groups is 2. The van der Waals surface area contributed by atoms with Crippen molar-refractivity contribution in [1.82, 2.24) is 14.7 Å². The molecule has 0 N–H and O–H groups in total. The first kappa shape index (κ1) is 19.4. The van der Waals surface area contributed by atoms with E-state index in [4.69, 9.17) is 4.74 Å². The molecule has 2 rings (SSSR count). The molecule has 0 aromatic carbocycles. The highest BCUT2D eigenvalue weighted by atomic mass is 32.2. The van der Waals surface area contributed by atoms with Gasteiger partial charge in [0.1, 0.15) is 6.54 Å². The van der Waals surface area contributed by atoms with Gasteiger partial charge in [-0.2, -0.15) is 5.10 Å². The minimum Gasteiger partial charge on any atom is -0.451 e. The van der Waals surface area contributed by atoms with Crippen molar-refractivity contribution in [2.24, 2.45) is 0 Å². The highest BCUT2D eigenvalue weighted by Gasteiger charge is 2.36. The molecular weight excluding hydrogens is 346 g/mol. The maximum Gasteiger partial charge on any atom is 0.328 e. The van der Waals surface area contributed by atoms with Gasteiger partial charge >= 0.3 is 5.97 Å². The van der Waals surface area contributed by atoms with E-state index in [0.29, 0.717) is 13.0 Å². The van der Waals surface area contributed by atoms with Crippen LogP contribution in [0.1, 0.15) is 31.7 Å². The molecule has 1 aliphatic rings. The summed E-state index contributed by atoms with van der Waals surface area (Å²) in [6.45, 7) is 7.26. The number of aryl methyl sites for hydroxylation is 2. The molecule has 1 aliphatic heterocycles. The second kappa shape index (κ2) is 7.55. The number of aromatic nitrogens is 2. The average molecular weight is 371 g/mol. The summed E-state index contributed by atoms with van der Waals surface area (Å²) in [7, 11) is -3.09. The van der Waals surface area contributed by atoms with Crippen molar-refractivity contribution in [3.05, 3.63) is 17.5 Å². The van der Waals surface area contributed by atoms with Gasteiger partial charge in [0.25, 0.3) is 5.91 Å². The van der Waals surface area contributed by atoms with Crippen LogP contribution in [0, 0.1) is 13.8 Å². The molecule has 0 bridgehead atoms. The smallest absolute Gasteiger partial charge is 0.328 e. The van der Waals surface area contributed by atoms with E-state index in [0.717, 1.165) is 11.4 Å². The number of likely N-dealkylation sites (N-methyl/N-ethyl adjacent to an activating group) is 1. The minimum atomic E-state index is -3.09. The zero-order valence-electron chi connectivity index (χ0n) is 15.1. The van der Waals surface area contributed by atoms with Crippen molar-refractivity contribution in [3.63, 3.8) is 0 Å². The zero-order chi connectivity index (χ0) is 18.8. The molecular formula is C16H25N3O5S. The van der Waals surface area contributed by atoms with E-state index in [1.54, 1.807) is 6.92 Å². The van der Waals surface area contributed by atoms with Crippen LogP contribution in [-0.2, 0) is 30.7 Å². The number of carbonyl (C=O) groups excluding carboxylic acids is 2. The number of hydrogen-bond donors (Lipinski definition) is 0. The molecule has 8 nitrogen and oxygen atoms in total. The third-order valence-electron chi connectivity index (χ3n) is 4.31. The van der Waals surface area contributed by atoms with Gasteiger partial charge in [0.2, 0.25) is 0 Å². The van der Waals surface area contributed by atoms with Crippen molar-refractivity contribution in [2.75, 3.05) is 18.1 Å². The second-order valence-electron chi connectivity index (χ2n) is 6.40. The lowest BCUT2D eigenvalue weighted by Crippen LogP contribution is -2.46. The number of sulfone groups is 1. The summed E-state index contributed by atoms with van der Waals surface area (Å²) in [5, 5.41) is 4.19. The molecule has 25 heavy (non-hydrogen) atoms. The van der Waals surface area contributed by atoms with E-state index in [9.17, 15) is 18.0 Å². The van der Waals surface area contributed by atoms with Crippen molar-refractivity contribution >= 4 is 21.7 Å². The fourth-order valence-corrected chi connectivity index (χ4v) is 4.82. The number of nitrogens with zero attached hydrogens (tertiary/aromatic N) is 3. The molecule has 9 heteroatoms. The summed E-state index contributed by atoms with van der Waals surface area (Å²) in [5.74, 6) is -0.861. The number of esters is 1. The van der Waals surface area contributed by atoms with Crippen molar-refractivity contribution in [2.45, 2.75) is 52.8 Å². The standard InChI is InChI=1S/C16H25N3O5S/c1-5-18(14-6-7-25(22,23)10-14)16(21)13(4)24-15(20)9-19-12(3)8-11(2)17-19/h8,13-14H,5-7,9-10H2,1-4H3. The van der Waals surface area contributed by atoms with E-state index < -0.39 is 21.9 Å². The molecule has 1 aromatic rings. The second-order valence-corrected chi connectivity index (χ2v) is 8.63. The third kappa shape index (κ3) is 4.81. The molecule has 0 saturated carbocycles. The maximum absolute atomic E-state index is 12.6. The summed E-state index contributed by atoms with van der Waals surface area (Å²) in [4.78, 5) is 26.1. The molecule has 0 radical (unpaired) electrons. The van der Waals surface area contributed by atoms with Gasteiger partial charge in [-0.3, -0.25) is 14.3 Å². The van der Waals surface area contributed by atoms with Crippen LogP contribution in [0.2, 0.25) is 0 Å². The molecule has 2 atom stereocenters. The van der Waals surface area contributed by atoms with Crippen LogP contribution in [0.15, 0.2) is 6.07 Å². The van der Waals surface area contributed by atoms with E-state index in [-0.39, 0.29) is 30.0 Å². The Balaban J connectivity index is 1.96. The van der Waals surface area contributed by atoms with Crippen LogP contribution in [0.5, 0.6) is 0 Å². The van der Waals surface area contributed by atoms with Crippen LogP contribution >= 0.6 is 0 Å². The summed E-state index contributed by atoms with van der Waals surface area (Å²) in [5.41, 5.74) is 1.63. The van der Waals surface area contributed by atoms with Crippen LogP contribution in [0.3, 0.4) is 0 Å². The van der Waals surface area contributed by atoms with E-state index in [1.807, 2.05) is 19.9 Å². The van der Waals surface area contributed by atoms with Crippen LogP contribution in [0.4, 0.5) is 0 Å². The predicted octanol–water partition coefficient (Wildman–Crippen LogP) is 0.467. The number of amides is 1. The molecule has 2 heterocycles. The summed E-state index contributed by atoms with van der Waals surface area (Å²) in [6.07, 6.45) is -0.540. The van der Waals surface area contributed by atoms with Crippen molar-refractivity contribution in [3.8, 4) is 0 Å². The van der Waals surface area contributed by atoms with Crippen LogP contribution in [-0.4, -0.2) is 65.2 Å². The Labute approximate surface area is 148 Å². The number of ether oxygens (including phenoxy) is 1. The predicted molar refractivity (Wildman–Crippen MR) is 91.7 cm³/mol. The first-order valence-electron chi connectivity index (χ1n) is 8.34. The van der Waals surface area contributed by atoms with Crippen LogP contribution < -0.4 is 0 Å². The summed E-state index contributed by atoms with van der Waals surface area (Å²) in [6, 6.07) is 1.50. The van der Waals surface area contributed by atoms with Gasteiger partial charge in [0, 0.05) is 18.3 Å². The highest BCUT2D eigenvalue weighted by molar-refractivity contribution is 7.91. The fourth-order valence-electron chi connectivity index (χ4n) is 3.09. The van der Waals surface area contributed by atoms with Gasteiger partial charge in [-0.05, 0) is 40.2 Å². The van der Waals surface area contributed by atoms with Crippen molar-refractivity contribution in [1.29, 1.82) is 0 Å². The molecule has 2 unspecified atom stereocenters. The lowest BCUT2D eigenvalue weighted by molar-refractivity contribution is -0.160. The largest absolute Gasteiger partial charge is 0.451 e. The first-order chi connectivity index (χ1) is 11.6. The lowest BCUT2D eigenvalue weighted by Gasteiger charge is -2.29. The molecule has 140 valence electrons. The maximum atomic E-state index is 12.6. The quantitative estimate of drug-likeness (QED) is 0.674. The third-order valence-corrected chi connectivity index (χ3v) is 6.06. The molecule has 1 saturated heterocycles. The topological polar surface area (TPSA) is 98.6 Å². The normalized spacial score (nSPS) is 20.2. The van der Waals surface area contributed by atoms with Crippen molar-refractivity contribution < 1.29 is 22.7 Å². The zero-order valence-corrected chi connectivity index (χ0v) is 15.9. The number of rotatable bonds is 6. The first-order valence-corrected chi connectivity index (χ1v) is 10.2. The molecule has 0 aliphatic carbocycles. The Morgan fingerprint density at radius 1 is 1.44 bits per heavy atom. The molecule has 1 amide bonds. The molecule has 1 fully saturated rings. The number of hydrogen-bond acceptors (Lipinski definition) is 6. The fraction of sp³-hybridized carbons (Fsp3) is 0.688. The van der Waals surface area contributed by atoms with Gasteiger partial charge in [0.15, 0.2) is 15.9 Å². The Morgan fingerprint density at radius 2 is 2.12 bits per heavy atom. The average Bonchev–Trinajstić information content (AvgIpc) is 3.01. The van der Waals surface area contributed by atoms with Gasteiger partial charge in [-0.15, -0.1) is 0 Å². The Morgan fingerprint density at radius 3 is 2.60 bits per heavy atom. The lowest BCUT2D eigenvalue weighted by atomic mass is 10.2. The molecule has 1 aromatic heterocycles. The van der Waals surface area contributed by atoms with Gasteiger partial charge in [-0.1, -0.05) is 0 Å². The Kier molecular flexibility index (Phi) is 5.87. The summed E-state index contributed by atoms with van der Waals surface area (Å²) < 4.78 is 30.0. The minimum absolute atomic E-state index is 0.0288. The van der Waals surface area contributed by atoms with E-state index in [2.05, 4.69) is 5.10 Å². The van der Waals surface area contributed by atoms with E-state index in [1.165, 1.54) is 16.5 Å². The Bertz CT molecular complexity index is 756. The Hall–Kier alpha value is -1.90. The SMILES string of the molecule is CCN(C(=O)C(C)OC(=O)Cn1nc(C)cc1C)C1CCS(=O)(=O)C1. The van der Waals surface area contributed by atoms with Gasteiger partial charge in [-0.25, -0.2) is 8.42 Å². The van der Waals surface area contributed by atoms with Gasteiger partial charge < -0.3 is 9.64 Å². The van der Waals surface area contributed by atoms with Gasteiger partial charge in [0.05, 0.1) is 17.2 Å². The monoisotopic (exact) mass is 371 g/mol.